The molecule has 1 aromatic carbocycles. The van der Waals surface area contributed by atoms with Gasteiger partial charge in [0.2, 0.25) is 11.8 Å². The first-order valence-electron chi connectivity index (χ1n) is 9.70. The van der Waals surface area contributed by atoms with Gasteiger partial charge in [-0.1, -0.05) is 29.8 Å². The molecule has 2 amide bonds. The Bertz CT molecular complexity index is 839. The zero-order valence-corrected chi connectivity index (χ0v) is 15.9. The quantitative estimate of drug-likeness (QED) is 0.744. The second kappa shape index (κ2) is 9.31. The fraction of sp³-hybridized carbons (Fsp3) is 0.409. The van der Waals surface area contributed by atoms with Crippen molar-refractivity contribution in [2.45, 2.75) is 45.4 Å². The van der Waals surface area contributed by atoms with Gasteiger partial charge in [0, 0.05) is 38.0 Å². The normalized spacial score (nSPS) is 13.9. The van der Waals surface area contributed by atoms with Crippen molar-refractivity contribution in [2.24, 2.45) is 0 Å². The smallest absolute Gasteiger partial charge is 0.226 e. The lowest BCUT2D eigenvalue weighted by Gasteiger charge is -2.22. The van der Waals surface area contributed by atoms with Crippen molar-refractivity contribution in [2.75, 3.05) is 18.4 Å². The van der Waals surface area contributed by atoms with E-state index in [4.69, 9.17) is 0 Å². The number of rotatable bonds is 7. The molecule has 0 unspecified atom stereocenters. The Morgan fingerprint density at radius 1 is 1.15 bits per heavy atom. The predicted molar refractivity (Wildman–Crippen MR) is 108 cm³/mol. The topological polar surface area (TPSA) is 62.3 Å². The maximum atomic E-state index is 12.4. The van der Waals surface area contributed by atoms with Gasteiger partial charge in [0.1, 0.15) is 0 Å². The molecule has 27 heavy (non-hydrogen) atoms. The summed E-state index contributed by atoms with van der Waals surface area (Å²) >= 11 is 0. The molecule has 0 aliphatic heterocycles. The second-order valence-electron chi connectivity index (χ2n) is 7.04. The molecule has 3 rings (SSSR count). The SMILES string of the molecule is CC(=O)N(CCC(=O)Nc1cccc2cccnc12)CCC1=CCCCC1. The van der Waals surface area contributed by atoms with E-state index in [9.17, 15) is 9.59 Å². The van der Waals surface area contributed by atoms with Crippen molar-refractivity contribution >= 4 is 28.4 Å². The number of carbonyl (C=O) groups excluding carboxylic acids is 2. The van der Waals surface area contributed by atoms with Gasteiger partial charge in [0.15, 0.2) is 0 Å². The van der Waals surface area contributed by atoms with Crippen molar-refractivity contribution < 1.29 is 9.59 Å². The van der Waals surface area contributed by atoms with Crippen LogP contribution in [0.5, 0.6) is 0 Å². The van der Waals surface area contributed by atoms with E-state index in [-0.39, 0.29) is 18.2 Å². The molecule has 0 bridgehead atoms. The molecular formula is C22H27N3O2. The molecule has 1 N–H and O–H groups in total. The van der Waals surface area contributed by atoms with Crippen molar-refractivity contribution in [3.63, 3.8) is 0 Å². The summed E-state index contributed by atoms with van der Waals surface area (Å²) in [5.74, 6) is -0.0812. The fourth-order valence-electron chi connectivity index (χ4n) is 3.49. The molecule has 0 spiro atoms. The van der Waals surface area contributed by atoms with Crippen LogP contribution in [0.15, 0.2) is 48.2 Å². The van der Waals surface area contributed by atoms with Gasteiger partial charge < -0.3 is 10.2 Å². The number of allylic oxidation sites excluding steroid dienone is 1. The first-order chi connectivity index (χ1) is 13.1. The van der Waals surface area contributed by atoms with Crippen LogP contribution >= 0.6 is 0 Å². The number of nitrogens with one attached hydrogen (secondary N) is 1. The van der Waals surface area contributed by atoms with Gasteiger partial charge >= 0.3 is 0 Å². The molecule has 5 heteroatoms. The first kappa shape index (κ1) is 19.1. The monoisotopic (exact) mass is 365 g/mol. The predicted octanol–water partition coefficient (Wildman–Crippen LogP) is 4.30. The summed E-state index contributed by atoms with van der Waals surface area (Å²) < 4.78 is 0. The molecule has 0 fully saturated rings. The Hall–Kier alpha value is -2.69. The van der Waals surface area contributed by atoms with Crippen LogP contribution in [-0.4, -0.2) is 34.8 Å². The fourth-order valence-corrected chi connectivity index (χ4v) is 3.49. The molecule has 5 nitrogen and oxygen atoms in total. The zero-order chi connectivity index (χ0) is 19.1. The van der Waals surface area contributed by atoms with E-state index in [1.54, 1.807) is 18.0 Å². The molecule has 1 aliphatic rings. The third kappa shape index (κ3) is 5.39. The summed E-state index contributed by atoms with van der Waals surface area (Å²) in [7, 11) is 0. The third-order valence-corrected chi connectivity index (χ3v) is 5.05. The molecule has 0 saturated heterocycles. The van der Waals surface area contributed by atoms with Gasteiger partial charge in [-0.15, -0.1) is 0 Å². The Balaban J connectivity index is 1.54. The second-order valence-corrected chi connectivity index (χ2v) is 7.04. The van der Waals surface area contributed by atoms with E-state index in [0.29, 0.717) is 18.8 Å². The van der Waals surface area contributed by atoms with Gasteiger partial charge in [-0.25, -0.2) is 0 Å². The molecule has 142 valence electrons. The summed E-state index contributed by atoms with van der Waals surface area (Å²) in [4.78, 5) is 30.5. The van der Waals surface area contributed by atoms with Crippen molar-refractivity contribution in [1.29, 1.82) is 0 Å². The lowest BCUT2D eigenvalue weighted by atomic mass is 9.97. The summed E-state index contributed by atoms with van der Waals surface area (Å²) in [6, 6.07) is 9.57. The summed E-state index contributed by atoms with van der Waals surface area (Å²) in [5, 5.41) is 3.92. The van der Waals surface area contributed by atoms with E-state index in [2.05, 4.69) is 16.4 Å². The lowest BCUT2D eigenvalue weighted by molar-refractivity contribution is -0.129. The minimum atomic E-state index is -0.101. The molecule has 1 aromatic heterocycles. The minimum Gasteiger partial charge on any atom is -0.342 e. The van der Waals surface area contributed by atoms with Crippen LogP contribution in [0, 0.1) is 0 Å². The average Bonchev–Trinajstić information content (AvgIpc) is 2.69. The van der Waals surface area contributed by atoms with Crippen LogP contribution in [0.3, 0.4) is 0 Å². The number of hydrogen-bond acceptors (Lipinski definition) is 3. The maximum absolute atomic E-state index is 12.4. The van der Waals surface area contributed by atoms with Crippen LogP contribution in [0.1, 0.15) is 45.4 Å². The van der Waals surface area contributed by atoms with Gasteiger partial charge in [-0.3, -0.25) is 14.6 Å². The third-order valence-electron chi connectivity index (χ3n) is 5.05. The molecule has 0 radical (unpaired) electrons. The molecular weight excluding hydrogens is 338 g/mol. The number of fused-ring (bicyclic) bond motifs is 1. The largest absolute Gasteiger partial charge is 0.342 e. The van der Waals surface area contributed by atoms with E-state index < -0.39 is 0 Å². The van der Waals surface area contributed by atoms with E-state index in [1.807, 2.05) is 30.3 Å². The molecule has 0 atom stereocenters. The van der Waals surface area contributed by atoms with Gasteiger partial charge in [0.05, 0.1) is 11.2 Å². The highest BCUT2D eigenvalue weighted by molar-refractivity contribution is 6.00. The maximum Gasteiger partial charge on any atom is 0.226 e. The van der Waals surface area contributed by atoms with Crippen LogP contribution in [-0.2, 0) is 9.59 Å². The number of amides is 2. The van der Waals surface area contributed by atoms with Gasteiger partial charge in [-0.05, 0) is 44.2 Å². The van der Waals surface area contributed by atoms with E-state index in [1.165, 1.54) is 18.4 Å². The van der Waals surface area contributed by atoms with Crippen molar-refractivity contribution in [3.05, 3.63) is 48.2 Å². The Kier molecular flexibility index (Phi) is 6.58. The highest BCUT2D eigenvalue weighted by Gasteiger charge is 2.13. The number of pyridine rings is 1. The Morgan fingerprint density at radius 3 is 2.78 bits per heavy atom. The highest BCUT2D eigenvalue weighted by Crippen LogP contribution is 2.21. The minimum absolute atomic E-state index is 0.0195. The van der Waals surface area contributed by atoms with Gasteiger partial charge in [0.25, 0.3) is 0 Å². The molecule has 1 heterocycles. The summed E-state index contributed by atoms with van der Waals surface area (Å²) in [6.45, 7) is 2.69. The summed E-state index contributed by atoms with van der Waals surface area (Å²) in [5.41, 5.74) is 2.93. The summed E-state index contributed by atoms with van der Waals surface area (Å²) in [6.07, 6.45) is 10.0. The van der Waals surface area contributed by atoms with Gasteiger partial charge in [-0.2, -0.15) is 0 Å². The molecule has 1 aliphatic carbocycles. The Labute approximate surface area is 160 Å². The number of benzene rings is 1. The number of para-hydroxylation sites is 1. The van der Waals surface area contributed by atoms with Crippen LogP contribution in [0.4, 0.5) is 5.69 Å². The van der Waals surface area contributed by atoms with Crippen LogP contribution < -0.4 is 5.32 Å². The number of anilines is 1. The number of carbonyl (C=O) groups is 2. The number of nitrogens with zero attached hydrogens (tertiary/aromatic N) is 2. The number of hydrogen-bond donors (Lipinski definition) is 1. The van der Waals surface area contributed by atoms with Crippen molar-refractivity contribution in [3.8, 4) is 0 Å². The van der Waals surface area contributed by atoms with Crippen LogP contribution in [0.25, 0.3) is 10.9 Å². The number of aromatic nitrogens is 1. The zero-order valence-electron chi connectivity index (χ0n) is 15.9. The van der Waals surface area contributed by atoms with Crippen molar-refractivity contribution in [1.82, 2.24) is 9.88 Å². The first-order valence-corrected chi connectivity index (χ1v) is 9.70. The highest BCUT2D eigenvalue weighted by atomic mass is 16.2. The average molecular weight is 365 g/mol. The van der Waals surface area contributed by atoms with Crippen LogP contribution in [0.2, 0.25) is 0 Å². The molecule has 0 saturated carbocycles. The van der Waals surface area contributed by atoms with E-state index in [0.717, 1.165) is 30.2 Å². The van der Waals surface area contributed by atoms with E-state index >= 15 is 0 Å². The molecule has 2 aromatic rings. The lowest BCUT2D eigenvalue weighted by Crippen LogP contribution is -2.33. The Morgan fingerprint density at radius 2 is 2.00 bits per heavy atom. The standard InChI is InChI=1S/C22H27N3O2/c1-17(26)25(15-12-18-7-3-2-4-8-18)16-13-21(27)24-20-11-5-9-19-10-6-14-23-22(19)20/h5-7,9-11,14H,2-4,8,12-13,15-16H2,1H3,(H,24,27).